The minimum atomic E-state index is -0.449. The second-order valence-corrected chi connectivity index (χ2v) is 9.87. The summed E-state index contributed by atoms with van der Waals surface area (Å²) < 4.78 is 19.4. The van der Waals surface area contributed by atoms with Crippen LogP contribution < -0.4 is 4.74 Å². The first-order valence-electron chi connectivity index (χ1n) is 11.6. The van der Waals surface area contributed by atoms with E-state index in [4.69, 9.17) is 4.74 Å². The lowest BCUT2D eigenvalue weighted by atomic mass is 9.61. The van der Waals surface area contributed by atoms with Crippen LogP contribution in [0.15, 0.2) is 30.9 Å². The molecule has 4 unspecified atom stereocenters. The van der Waals surface area contributed by atoms with Crippen LogP contribution >= 0.6 is 0 Å². The molecule has 0 spiro atoms. The first kappa shape index (κ1) is 20.6. The van der Waals surface area contributed by atoms with E-state index in [1.165, 1.54) is 44.6 Å². The predicted molar refractivity (Wildman–Crippen MR) is 114 cm³/mol. The van der Waals surface area contributed by atoms with Gasteiger partial charge < -0.3 is 4.74 Å². The molecule has 0 radical (unpaired) electrons. The minimum Gasteiger partial charge on any atom is -0.423 e. The molecule has 3 aliphatic rings. The SMILES string of the molecule is C=CC1CCC2CC(C3CCC(C(=O)Oc4ccc(C)cc4F)CC3)CCC2C1. The third-order valence-electron chi connectivity index (χ3n) is 8.10. The van der Waals surface area contributed by atoms with E-state index in [1.807, 2.05) is 6.92 Å². The molecule has 3 saturated carbocycles. The van der Waals surface area contributed by atoms with Crippen molar-refractivity contribution in [2.24, 2.45) is 35.5 Å². The fourth-order valence-corrected chi connectivity index (χ4v) is 6.31. The van der Waals surface area contributed by atoms with Crippen molar-refractivity contribution in [1.82, 2.24) is 0 Å². The highest BCUT2D eigenvalue weighted by atomic mass is 19.1. The van der Waals surface area contributed by atoms with Gasteiger partial charge in [-0.1, -0.05) is 12.1 Å². The van der Waals surface area contributed by atoms with Crippen molar-refractivity contribution in [2.45, 2.75) is 71.1 Å². The number of ether oxygens (including phenoxy) is 1. The molecule has 1 aromatic rings. The number of allylic oxidation sites excluding steroid dienone is 1. The van der Waals surface area contributed by atoms with Crippen molar-refractivity contribution < 1.29 is 13.9 Å². The standard InChI is InChI=1S/C26H35FO2/c1-3-18-5-6-23-16-22(12-11-21(23)15-18)19-7-9-20(10-8-19)26(28)29-25-13-4-17(2)14-24(25)27/h3-4,13-14,18-23H,1,5-12,15-16H2,2H3. The van der Waals surface area contributed by atoms with Gasteiger partial charge in [0.25, 0.3) is 0 Å². The first-order valence-corrected chi connectivity index (χ1v) is 11.6. The molecular weight excluding hydrogens is 363 g/mol. The Hall–Kier alpha value is -1.64. The van der Waals surface area contributed by atoms with Crippen LogP contribution in [0.3, 0.4) is 0 Å². The fraction of sp³-hybridized carbons (Fsp3) is 0.654. The van der Waals surface area contributed by atoms with Crippen LogP contribution in [0.2, 0.25) is 0 Å². The van der Waals surface area contributed by atoms with Crippen molar-refractivity contribution in [3.05, 3.63) is 42.2 Å². The van der Waals surface area contributed by atoms with Crippen molar-refractivity contribution in [1.29, 1.82) is 0 Å². The molecule has 3 heteroatoms. The molecule has 0 N–H and O–H groups in total. The zero-order valence-electron chi connectivity index (χ0n) is 17.7. The molecule has 4 rings (SSSR count). The van der Waals surface area contributed by atoms with Gasteiger partial charge in [0.1, 0.15) is 0 Å². The van der Waals surface area contributed by atoms with Gasteiger partial charge >= 0.3 is 5.97 Å². The molecule has 29 heavy (non-hydrogen) atoms. The van der Waals surface area contributed by atoms with Gasteiger partial charge in [0.2, 0.25) is 0 Å². The van der Waals surface area contributed by atoms with Gasteiger partial charge in [0.15, 0.2) is 11.6 Å². The molecular formula is C26H35FO2. The average Bonchev–Trinajstić information content (AvgIpc) is 2.75. The number of carbonyl (C=O) groups excluding carboxylic acids is 1. The van der Waals surface area contributed by atoms with Gasteiger partial charge in [-0.3, -0.25) is 4.79 Å². The van der Waals surface area contributed by atoms with Gasteiger partial charge in [0.05, 0.1) is 5.92 Å². The summed E-state index contributed by atoms with van der Waals surface area (Å²) in [5.74, 6) is 3.45. The van der Waals surface area contributed by atoms with Crippen molar-refractivity contribution >= 4 is 5.97 Å². The molecule has 2 nitrogen and oxygen atoms in total. The fourth-order valence-electron chi connectivity index (χ4n) is 6.31. The normalized spacial score (nSPS) is 34.8. The molecule has 0 aliphatic heterocycles. The highest BCUT2D eigenvalue weighted by molar-refractivity contribution is 5.75. The molecule has 158 valence electrons. The van der Waals surface area contributed by atoms with Crippen LogP contribution in [0.5, 0.6) is 5.75 Å². The number of hydrogen-bond donors (Lipinski definition) is 0. The number of halogens is 1. The quantitative estimate of drug-likeness (QED) is 0.314. The maximum atomic E-state index is 14.0. The Kier molecular flexibility index (Phi) is 6.41. The predicted octanol–water partition coefficient (Wildman–Crippen LogP) is 6.86. The number of rotatable bonds is 4. The van der Waals surface area contributed by atoms with Crippen molar-refractivity contribution in [3.63, 3.8) is 0 Å². The molecule has 0 bridgehead atoms. The van der Waals surface area contributed by atoms with E-state index in [2.05, 4.69) is 12.7 Å². The van der Waals surface area contributed by atoms with Crippen LogP contribution in [-0.4, -0.2) is 5.97 Å². The third kappa shape index (κ3) is 4.75. The molecule has 0 heterocycles. The Labute approximate surface area is 174 Å². The summed E-state index contributed by atoms with van der Waals surface area (Å²) in [5.41, 5.74) is 0.829. The zero-order valence-corrected chi connectivity index (χ0v) is 17.7. The van der Waals surface area contributed by atoms with E-state index < -0.39 is 5.82 Å². The highest BCUT2D eigenvalue weighted by Gasteiger charge is 2.39. The van der Waals surface area contributed by atoms with E-state index >= 15 is 0 Å². The number of carbonyl (C=O) groups is 1. The highest BCUT2D eigenvalue weighted by Crippen LogP contribution is 2.49. The third-order valence-corrected chi connectivity index (χ3v) is 8.10. The van der Waals surface area contributed by atoms with Gasteiger partial charge in [-0.2, -0.15) is 0 Å². The number of aryl methyl sites for hydroxylation is 1. The second kappa shape index (κ2) is 9.02. The van der Waals surface area contributed by atoms with Crippen molar-refractivity contribution in [3.8, 4) is 5.75 Å². The molecule has 0 amide bonds. The summed E-state index contributed by atoms with van der Waals surface area (Å²) in [6.07, 6.45) is 14.4. The lowest BCUT2D eigenvalue weighted by Crippen LogP contribution is -2.35. The molecule has 0 aromatic heterocycles. The summed E-state index contributed by atoms with van der Waals surface area (Å²) >= 11 is 0. The van der Waals surface area contributed by atoms with Crippen LogP contribution in [0, 0.1) is 48.2 Å². The largest absolute Gasteiger partial charge is 0.423 e. The summed E-state index contributed by atoms with van der Waals surface area (Å²) in [4.78, 5) is 12.5. The van der Waals surface area contributed by atoms with Crippen LogP contribution in [0.4, 0.5) is 4.39 Å². The van der Waals surface area contributed by atoms with Gasteiger partial charge in [-0.25, -0.2) is 4.39 Å². The van der Waals surface area contributed by atoms with Gasteiger partial charge in [-0.15, -0.1) is 6.58 Å². The lowest BCUT2D eigenvalue weighted by molar-refractivity contribution is -0.140. The zero-order chi connectivity index (χ0) is 20.4. The summed E-state index contributed by atoms with van der Waals surface area (Å²) in [7, 11) is 0. The Morgan fingerprint density at radius 3 is 2.28 bits per heavy atom. The molecule has 1 aromatic carbocycles. The Balaban J connectivity index is 1.26. The molecule has 3 aliphatic carbocycles. The van der Waals surface area contributed by atoms with E-state index in [-0.39, 0.29) is 17.6 Å². The average molecular weight is 399 g/mol. The summed E-state index contributed by atoms with van der Waals surface area (Å²) in [6, 6.07) is 4.76. The number of fused-ring (bicyclic) bond motifs is 1. The van der Waals surface area contributed by atoms with Crippen LogP contribution in [-0.2, 0) is 4.79 Å². The van der Waals surface area contributed by atoms with Crippen LogP contribution in [0.1, 0.15) is 69.8 Å². The summed E-state index contributed by atoms with van der Waals surface area (Å²) in [5, 5.41) is 0. The maximum absolute atomic E-state index is 14.0. The Morgan fingerprint density at radius 1 is 0.966 bits per heavy atom. The number of esters is 1. The first-order chi connectivity index (χ1) is 14.0. The number of benzene rings is 1. The Bertz CT molecular complexity index is 734. The van der Waals surface area contributed by atoms with Crippen LogP contribution in [0.25, 0.3) is 0 Å². The number of hydrogen-bond acceptors (Lipinski definition) is 2. The van der Waals surface area contributed by atoms with Crippen molar-refractivity contribution in [2.75, 3.05) is 0 Å². The molecule has 4 atom stereocenters. The molecule has 0 saturated heterocycles. The van der Waals surface area contributed by atoms with Gasteiger partial charge in [0, 0.05) is 0 Å². The Morgan fingerprint density at radius 2 is 1.59 bits per heavy atom. The lowest BCUT2D eigenvalue weighted by Gasteiger charge is -2.45. The maximum Gasteiger partial charge on any atom is 0.314 e. The van der Waals surface area contributed by atoms with E-state index in [1.54, 1.807) is 12.1 Å². The van der Waals surface area contributed by atoms with E-state index in [9.17, 15) is 9.18 Å². The van der Waals surface area contributed by atoms with E-state index in [0.29, 0.717) is 0 Å². The smallest absolute Gasteiger partial charge is 0.314 e. The minimum absolute atomic E-state index is 0.0659. The van der Waals surface area contributed by atoms with Gasteiger partial charge in [-0.05, 0) is 118 Å². The monoisotopic (exact) mass is 398 g/mol. The summed E-state index contributed by atoms with van der Waals surface area (Å²) in [6.45, 7) is 5.84. The van der Waals surface area contributed by atoms with E-state index in [0.717, 1.165) is 60.8 Å². The topological polar surface area (TPSA) is 26.3 Å². The molecule has 3 fully saturated rings. The second-order valence-electron chi connectivity index (χ2n) is 9.87.